The molecule has 88 valence electrons. The summed E-state index contributed by atoms with van der Waals surface area (Å²) in [5, 5.41) is 0.361. The average Bonchev–Trinajstić information content (AvgIpc) is 2.34. The highest BCUT2D eigenvalue weighted by Gasteiger charge is 2.09. The third-order valence-corrected chi connectivity index (χ3v) is 2.60. The van der Waals surface area contributed by atoms with Crippen molar-refractivity contribution < 1.29 is 4.39 Å². The predicted molar refractivity (Wildman–Crippen MR) is 64.1 cm³/mol. The Kier molecular flexibility index (Phi) is 3.51. The lowest BCUT2D eigenvalue weighted by Crippen LogP contribution is -2.10. The highest BCUT2D eigenvalue weighted by molar-refractivity contribution is 6.31. The zero-order valence-corrected chi connectivity index (χ0v) is 9.58. The third-order valence-electron chi connectivity index (χ3n) is 2.25. The van der Waals surface area contributed by atoms with Crippen molar-refractivity contribution in [3.8, 4) is 0 Å². The van der Waals surface area contributed by atoms with Crippen molar-refractivity contribution in [2.75, 3.05) is 5.43 Å². The van der Waals surface area contributed by atoms with E-state index in [1.54, 1.807) is 24.4 Å². The first kappa shape index (κ1) is 11.8. The van der Waals surface area contributed by atoms with Gasteiger partial charge in [0.25, 0.3) is 0 Å². The van der Waals surface area contributed by atoms with Gasteiger partial charge in [0, 0.05) is 29.3 Å². The largest absolute Gasteiger partial charge is 0.308 e. The quantitative estimate of drug-likeness (QED) is 0.649. The molecule has 1 heterocycles. The summed E-state index contributed by atoms with van der Waals surface area (Å²) in [6.07, 6.45) is 1.77. The Morgan fingerprint density at radius 2 is 2.18 bits per heavy atom. The van der Waals surface area contributed by atoms with Gasteiger partial charge >= 0.3 is 0 Å². The number of nitrogen functional groups attached to an aromatic ring is 1. The summed E-state index contributed by atoms with van der Waals surface area (Å²) >= 11 is 5.92. The maximum atomic E-state index is 13.5. The molecule has 0 saturated carbocycles. The van der Waals surface area contributed by atoms with Gasteiger partial charge in [-0.15, -0.1) is 0 Å². The Labute approximate surface area is 103 Å². The Morgan fingerprint density at radius 1 is 1.35 bits per heavy atom. The summed E-state index contributed by atoms with van der Waals surface area (Å²) < 4.78 is 13.5. The van der Waals surface area contributed by atoms with E-state index >= 15 is 0 Å². The van der Waals surface area contributed by atoms with Crippen molar-refractivity contribution in [3.63, 3.8) is 0 Å². The summed E-state index contributed by atoms with van der Waals surface area (Å²) in [7, 11) is 0. The molecule has 0 radical (unpaired) electrons. The number of aromatic nitrogens is 2. The summed E-state index contributed by atoms with van der Waals surface area (Å²) in [5.74, 6) is 5.79. The van der Waals surface area contributed by atoms with Crippen molar-refractivity contribution >= 4 is 17.4 Å². The lowest BCUT2D eigenvalue weighted by atomic mass is 10.1. The van der Waals surface area contributed by atoms with Gasteiger partial charge in [0.2, 0.25) is 0 Å². The van der Waals surface area contributed by atoms with Crippen LogP contribution < -0.4 is 11.3 Å². The standard InChI is InChI=1S/C11H10ClFN4/c12-8-2-1-3-9(13)7(8)6-11-15-5-4-10(16-11)17-14/h1-5H,6,14H2,(H,15,16,17). The van der Waals surface area contributed by atoms with Crippen molar-refractivity contribution in [2.45, 2.75) is 6.42 Å². The molecule has 0 fully saturated rings. The van der Waals surface area contributed by atoms with E-state index in [4.69, 9.17) is 17.4 Å². The molecule has 0 unspecified atom stereocenters. The summed E-state index contributed by atoms with van der Waals surface area (Å²) in [6.45, 7) is 0. The molecule has 6 heteroatoms. The van der Waals surface area contributed by atoms with Crippen molar-refractivity contribution in [2.24, 2.45) is 5.84 Å². The molecule has 0 bridgehead atoms. The molecule has 2 aromatic rings. The molecule has 0 amide bonds. The molecule has 4 nitrogen and oxygen atoms in total. The Morgan fingerprint density at radius 3 is 2.88 bits per heavy atom. The van der Waals surface area contributed by atoms with Crippen molar-refractivity contribution in [1.82, 2.24) is 9.97 Å². The Bertz CT molecular complexity index is 512. The number of benzene rings is 1. The number of hydrazine groups is 1. The number of anilines is 1. The molecule has 0 aliphatic heterocycles. The molecule has 0 aliphatic rings. The van der Waals surface area contributed by atoms with Gasteiger partial charge in [-0.3, -0.25) is 0 Å². The van der Waals surface area contributed by atoms with Crippen LogP contribution in [0.3, 0.4) is 0 Å². The van der Waals surface area contributed by atoms with E-state index in [0.29, 0.717) is 22.2 Å². The first-order chi connectivity index (χ1) is 8.20. The van der Waals surface area contributed by atoms with Crippen molar-refractivity contribution in [3.05, 3.63) is 52.7 Å². The van der Waals surface area contributed by atoms with Crippen molar-refractivity contribution in [1.29, 1.82) is 0 Å². The predicted octanol–water partition coefficient (Wildman–Crippen LogP) is 2.15. The van der Waals surface area contributed by atoms with Gasteiger partial charge in [-0.25, -0.2) is 20.2 Å². The van der Waals surface area contributed by atoms with E-state index in [1.807, 2.05) is 0 Å². The number of nitrogens with zero attached hydrogens (tertiary/aromatic N) is 2. The normalized spacial score (nSPS) is 10.3. The summed E-state index contributed by atoms with van der Waals surface area (Å²) in [6, 6.07) is 6.16. The molecule has 0 atom stereocenters. The Balaban J connectivity index is 2.31. The SMILES string of the molecule is NNc1ccnc(Cc2c(F)cccc2Cl)n1. The second-order valence-corrected chi connectivity index (χ2v) is 3.79. The summed E-state index contributed by atoms with van der Waals surface area (Å²) in [5.41, 5.74) is 2.78. The van der Waals surface area contributed by atoms with Gasteiger partial charge in [0.15, 0.2) is 0 Å². The lowest BCUT2D eigenvalue weighted by Gasteiger charge is -2.06. The van der Waals surface area contributed by atoms with Gasteiger partial charge in [-0.05, 0) is 12.1 Å². The first-order valence-electron chi connectivity index (χ1n) is 4.92. The van der Waals surface area contributed by atoms with Crippen LogP contribution in [0.5, 0.6) is 0 Å². The molecule has 0 aliphatic carbocycles. The molecule has 1 aromatic heterocycles. The van der Waals surface area contributed by atoms with Crippen LogP contribution >= 0.6 is 11.6 Å². The van der Waals surface area contributed by atoms with Crippen LogP contribution in [0.15, 0.2) is 30.5 Å². The fraction of sp³-hybridized carbons (Fsp3) is 0.0909. The molecule has 0 saturated heterocycles. The minimum absolute atomic E-state index is 0.223. The number of nitrogens with two attached hydrogens (primary N) is 1. The van der Waals surface area contributed by atoms with Crippen LogP contribution in [-0.4, -0.2) is 9.97 Å². The number of nitrogens with one attached hydrogen (secondary N) is 1. The molecule has 17 heavy (non-hydrogen) atoms. The molecular formula is C11H10ClFN4. The third kappa shape index (κ3) is 2.69. The van der Waals surface area contributed by atoms with Gasteiger partial charge in [-0.1, -0.05) is 17.7 Å². The highest BCUT2D eigenvalue weighted by Crippen LogP contribution is 2.21. The maximum Gasteiger partial charge on any atom is 0.143 e. The Hall–Kier alpha value is -1.72. The second kappa shape index (κ2) is 5.07. The van der Waals surface area contributed by atoms with Crippen LogP contribution in [0.25, 0.3) is 0 Å². The van der Waals surface area contributed by atoms with E-state index < -0.39 is 0 Å². The average molecular weight is 253 g/mol. The minimum Gasteiger partial charge on any atom is -0.308 e. The van der Waals surface area contributed by atoms with Gasteiger partial charge in [0.05, 0.1) is 0 Å². The minimum atomic E-state index is -0.368. The number of hydrogen-bond acceptors (Lipinski definition) is 4. The maximum absolute atomic E-state index is 13.5. The molecule has 2 rings (SSSR count). The van der Waals surface area contributed by atoms with Crippen LogP contribution in [-0.2, 0) is 6.42 Å². The van der Waals surface area contributed by atoms with Crippen LogP contribution in [0.1, 0.15) is 11.4 Å². The zero-order chi connectivity index (χ0) is 12.3. The first-order valence-corrected chi connectivity index (χ1v) is 5.30. The zero-order valence-electron chi connectivity index (χ0n) is 8.82. The van der Waals surface area contributed by atoms with Crippen LogP contribution in [0.4, 0.5) is 10.2 Å². The lowest BCUT2D eigenvalue weighted by molar-refractivity contribution is 0.612. The van der Waals surface area contributed by atoms with Gasteiger partial charge < -0.3 is 5.43 Å². The van der Waals surface area contributed by atoms with E-state index in [1.165, 1.54) is 6.07 Å². The second-order valence-electron chi connectivity index (χ2n) is 3.38. The number of rotatable bonds is 3. The fourth-order valence-electron chi connectivity index (χ4n) is 1.42. The van der Waals surface area contributed by atoms with E-state index in [2.05, 4.69) is 15.4 Å². The fourth-order valence-corrected chi connectivity index (χ4v) is 1.65. The molecule has 0 spiro atoms. The topological polar surface area (TPSA) is 63.8 Å². The van der Waals surface area contributed by atoms with Gasteiger partial charge in [-0.2, -0.15) is 0 Å². The number of halogens is 2. The smallest absolute Gasteiger partial charge is 0.143 e. The van der Waals surface area contributed by atoms with E-state index in [9.17, 15) is 4.39 Å². The van der Waals surface area contributed by atoms with E-state index in [-0.39, 0.29) is 12.2 Å². The summed E-state index contributed by atoms with van der Waals surface area (Å²) in [4.78, 5) is 8.13. The molecule has 3 N–H and O–H groups in total. The monoisotopic (exact) mass is 252 g/mol. The van der Waals surface area contributed by atoms with Crippen LogP contribution in [0, 0.1) is 5.82 Å². The number of hydrogen-bond donors (Lipinski definition) is 2. The van der Waals surface area contributed by atoms with E-state index in [0.717, 1.165) is 0 Å². The van der Waals surface area contributed by atoms with Gasteiger partial charge in [0.1, 0.15) is 17.5 Å². The molecule has 1 aromatic carbocycles. The molecular weight excluding hydrogens is 243 g/mol. The van der Waals surface area contributed by atoms with Crippen LogP contribution in [0.2, 0.25) is 5.02 Å². The highest BCUT2D eigenvalue weighted by atomic mass is 35.5.